The molecular formula is C12H16FNO2. The summed E-state index contributed by atoms with van der Waals surface area (Å²) >= 11 is 0. The van der Waals surface area contributed by atoms with Crippen LogP contribution in [-0.4, -0.2) is 18.9 Å². The predicted molar refractivity (Wildman–Crippen MR) is 59.9 cm³/mol. The molecule has 0 heterocycles. The topological polar surface area (TPSA) is 52.3 Å². The standard InChI is InChI=1S/C12H16FNO2/c1-3-11(15)10(14)7-8-4-5-12(16-2)9(13)6-8/h4-6,10H,3,7,14H2,1-2H3. The number of hydrogen-bond donors (Lipinski definition) is 1. The van der Waals surface area contributed by atoms with Gasteiger partial charge in [0.25, 0.3) is 0 Å². The molecule has 4 heteroatoms. The van der Waals surface area contributed by atoms with Gasteiger partial charge in [-0.3, -0.25) is 4.79 Å². The van der Waals surface area contributed by atoms with E-state index < -0.39 is 11.9 Å². The van der Waals surface area contributed by atoms with Crippen molar-refractivity contribution >= 4 is 5.78 Å². The molecule has 16 heavy (non-hydrogen) atoms. The summed E-state index contributed by atoms with van der Waals surface area (Å²) in [5.41, 5.74) is 6.38. The molecule has 3 nitrogen and oxygen atoms in total. The van der Waals surface area contributed by atoms with E-state index in [0.29, 0.717) is 18.4 Å². The maximum atomic E-state index is 13.3. The van der Waals surface area contributed by atoms with E-state index in [1.165, 1.54) is 19.2 Å². The van der Waals surface area contributed by atoms with Crippen LogP contribution in [0, 0.1) is 5.82 Å². The third-order valence-electron chi connectivity index (χ3n) is 2.43. The Hall–Kier alpha value is -1.42. The first kappa shape index (κ1) is 12.6. The van der Waals surface area contributed by atoms with Crippen molar-refractivity contribution in [3.05, 3.63) is 29.6 Å². The van der Waals surface area contributed by atoms with Gasteiger partial charge in [-0.15, -0.1) is 0 Å². The summed E-state index contributed by atoms with van der Waals surface area (Å²) in [6, 6.07) is 4.04. The highest BCUT2D eigenvalue weighted by molar-refractivity contribution is 5.83. The highest BCUT2D eigenvalue weighted by atomic mass is 19.1. The molecule has 0 saturated heterocycles. The van der Waals surface area contributed by atoms with Gasteiger partial charge in [-0.1, -0.05) is 13.0 Å². The molecule has 1 unspecified atom stereocenters. The van der Waals surface area contributed by atoms with Crippen LogP contribution in [0.2, 0.25) is 0 Å². The lowest BCUT2D eigenvalue weighted by Gasteiger charge is -2.10. The predicted octanol–water partition coefficient (Wildman–Crippen LogP) is 1.68. The van der Waals surface area contributed by atoms with E-state index in [1.807, 2.05) is 0 Å². The second kappa shape index (κ2) is 5.61. The minimum absolute atomic E-state index is 0.0174. The fourth-order valence-electron chi connectivity index (χ4n) is 1.47. The zero-order chi connectivity index (χ0) is 12.1. The van der Waals surface area contributed by atoms with Gasteiger partial charge in [-0.05, 0) is 24.1 Å². The highest BCUT2D eigenvalue weighted by Gasteiger charge is 2.13. The third kappa shape index (κ3) is 3.03. The number of rotatable bonds is 5. The molecule has 0 bridgehead atoms. The van der Waals surface area contributed by atoms with Gasteiger partial charge in [0.05, 0.1) is 13.2 Å². The minimum Gasteiger partial charge on any atom is -0.494 e. The molecule has 0 radical (unpaired) electrons. The molecule has 0 aliphatic carbocycles. The Morgan fingerprint density at radius 3 is 2.75 bits per heavy atom. The van der Waals surface area contributed by atoms with E-state index in [-0.39, 0.29) is 11.5 Å². The summed E-state index contributed by atoms with van der Waals surface area (Å²) in [5, 5.41) is 0. The SMILES string of the molecule is CCC(=O)C(N)Cc1ccc(OC)c(F)c1. The lowest BCUT2D eigenvalue weighted by Crippen LogP contribution is -2.32. The number of methoxy groups -OCH3 is 1. The molecule has 88 valence electrons. The number of nitrogens with two attached hydrogens (primary N) is 1. The first-order chi connectivity index (χ1) is 7.58. The summed E-state index contributed by atoms with van der Waals surface area (Å²) in [4.78, 5) is 11.3. The Morgan fingerprint density at radius 2 is 2.25 bits per heavy atom. The lowest BCUT2D eigenvalue weighted by atomic mass is 10.0. The first-order valence-electron chi connectivity index (χ1n) is 5.19. The summed E-state index contributed by atoms with van der Waals surface area (Å²) < 4.78 is 18.1. The van der Waals surface area contributed by atoms with Gasteiger partial charge < -0.3 is 10.5 Å². The largest absolute Gasteiger partial charge is 0.494 e. The van der Waals surface area contributed by atoms with Crippen molar-refractivity contribution in [3.63, 3.8) is 0 Å². The van der Waals surface area contributed by atoms with Crippen LogP contribution in [0.4, 0.5) is 4.39 Å². The zero-order valence-electron chi connectivity index (χ0n) is 9.50. The number of carbonyl (C=O) groups excluding carboxylic acids is 1. The maximum Gasteiger partial charge on any atom is 0.165 e. The molecule has 1 aromatic carbocycles. The molecule has 0 aliphatic heterocycles. The third-order valence-corrected chi connectivity index (χ3v) is 2.43. The van der Waals surface area contributed by atoms with Crippen molar-refractivity contribution in [1.29, 1.82) is 0 Å². The summed E-state index contributed by atoms with van der Waals surface area (Å²) in [5.74, 6) is -0.258. The van der Waals surface area contributed by atoms with Crippen LogP contribution in [0.3, 0.4) is 0 Å². The Bertz CT molecular complexity index is 379. The average Bonchev–Trinajstić information content (AvgIpc) is 2.28. The van der Waals surface area contributed by atoms with Crippen LogP contribution in [-0.2, 0) is 11.2 Å². The van der Waals surface area contributed by atoms with Crippen LogP contribution in [0.1, 0.15) is 18.9 Å². The Kier molecular flexibility index (Phi) is 4.43. The van der Waals surface area contributed by atoms with Gasteiger partial charge in [0, 0.05) is 6.42 Å². The van der Waals surface area contributed by atoms with Crippen molar-refractivity contribution in [1.82, 2.24) is 0 Å². The number of carbonyl (C=O) groups is 1. The molecule has 1 atom stereocenters. The monoisotopic (exact) mass is 225 g/mol. The molecule has 0 saturated carbocycles. The van der Waals surface area contributed by atoms with Gasteiger partial charge in [0.15, 0.2) is 11.6 Å². The number of benzene rings is 1. The first-order valence-corrected chi connectivity index (χ1v) is 5.19. The van der Waals surface area contributed by atoms with Gasteiger partial charge >= 0.3 is 0 Å². The molecular weight excluding hydrogens is 209 g/mol. The van der Waals surface area contributed by atoms with E-state index >= 15 is 0 Å². The van der Waals surface area contributed by atoms with Gasteiger partial charge in [-0.25, -0.2) is 4.39 Å². The van der Waals surface area contributed by atoms with E-state index in [9.17, 15) is 9.18 Å². The van der Waals surface area contributed by atoms with Gasteiger partial charge in [0.1, 0.15) is 5.78 Å². The number of hydrogen-bond acceptors (Lipinski definition) is 3. The smallest absolute Gasteiger partial charge is 0.165 e. The van der Waals surface area contributed by atoms with Crippen molar-refractivity contribution in [2.24, 2.45) is 5.73 Å². The summed E-state index contributed by atoms with van der Waals surface area (Å²) in [7, 11) is 1.41. The fraction of sp³-hybridized carbons (Fsp3) is 0.417. The van der Waals surface area contributed by atoms with Crippen LogP contribution in [0.25, 0.3) is 0 Å². The summed E-state index contributed by atoms with van der Waals surface area (Å²) in [6.45, 7) is 1.76. The van der Waals surface area contributed by atoms with E-state index in [4.69, 9.17) is 10.5 Å². The molecule has 1 aromatic rings. The second-order valence-electron chi connectivity index (χ2n) is 3.60. The Balaban J connectivity index is 2.75. The van der Waals surface area contributed by atoms with Crippen molar-refractivity contribution in [2.75, 3.05) is 7.11 Å². The minimum atomic E-state index is -0.558. The fourth-order valence-corrected chi connectivity index (χ4v) is 1.47. The number of ketones is 1. The van der Waals surface area contributed by atoms with Crippen LogP contribution in [0.5, 0.6) is 5.75 Å². The molecule has 1 rings (SSSR count). The van der Waals surface area contributed by atoms with E-state index in [2.05, 4.69) is 0 Å². The van der Waals surface area contributed by atoms with Gasteiger partial charge in [-0.2, -0.15) is 0 Å². The molecule has 0 aliphatic rings. The molecule has 2 N–H and O–H groups in total. The molecule has 0 spiro atoms. The van der Waals surface area contributed by atoms with E-state index in [0.717, 1.165) is 0 Å². The van der Waals surface area contributed by atoms with Crippen LogP contribution >= 0.6 is 0 Å². The van der Waals surface area contributed by atoms with Crippen molar-refractivity contribution in [3.8, 4) is 5.75 Å². The number of Topliss-reactive ketones (excluding diaryl/α,β-unsaturated/α-hetero) is 1. The molecule has 0 fully saturated rings. The highest BCUT2D eigenvalue weighted by Crippen LogP contribution is 2.18. The zero-order valence-corrected chi connectivity index (χ0v) is 9.50. The molecule has 0 aromatic heterocycles. The Morgan fingerprint density at radius 1 is 1.56 bits per heavy atom. The lowest BCUT2D eigenvalue weighted by molar-refractivity contribution is -0.119. The quantitative estimate of drug-likeness (QED) is 0.829. The van der Waals surface area contributed by atoms with Crippen LogP contribution < -0.4 is 10.5 Å². The number of ether oxygens (including phenoxy) is 1. The maximum absolute atomic E-state index is 13.3. The van der Waals surface area contributed by atoms with Gasteiger partial charge in [0.2, 0.25) is 0 Å². The van der Waals surface area contributed by atoms with Crippen LogP contribution in [0.15, 0.2) is 18.2 Å². The van der Waals surface area contributed by atoms with Crippen molar-refractivity contribution in [2.45, 2.75) is 25.8 Å². The normalized spacial score (nSPS) is 12.2. The second-order valence-corrected chi connectivity index (χ2v) is 3.60. The van der Waals surface area contributed by atoms with E-state index in [1.54, 1.807) is 13.0 Å². The average molecular weight is 225 g/mol. The summed E-state index contributed by atoms with van der Waals surface area (Å²) in [6.07, 6.45) is 0.757. The Labute approximate surface area is 94.4 Å². The van der Waals surface area contributed by atoms with Crippen molar-refractivity contribution < 1.29 is 13.9 Å². The number of halogens is 1. The molecule has 0 amide bonds.